The van der Waals surface area contributed by atoms with Gasteiger partial charge in [-0.3, -0.25) is 25.0 Å². The van der Waals surface area contributed by atoms with Gasteiger partial charge in [0.1, 0.15) is 0 Å². The predicted octanol–water partition coefficient (Wildman–Crippen LogP) is 6.35. The lowest BCUT2D eigenvalue weighted by Crippen LogP contribution is -2.56. The summed E-state index contributed by atoms with van der Waals surface area (Å²) in [4.78, 5) is 28.5. The van der Waals surface area contributed by atoms with Gasteiger partial charge in [0, 0.05) is 47.3 Å². The fraction of sp³-hybridized carbons (Fsp3) is 0.419. The highest BCUT2D eigenvalue weighted by molar-refractivity contribution is 9.10. The lowest BCUT2D eigenvalue weighted by atomic mass is 9.84. The summed E-state index contributed by atoms with van der Waals surface area (Å²) in [7, 11) is 0. The number of nitrogens with zero attached hydrogens (tertiary/aromatic N) is 3. The summed E-state index contributed by atoms with van der Waals surface area (Å²) >= 11 is 3.54. The Labute approximate surface area is 234 Å². The van der Waals surface area contributed by atoms with E-state index < -0.39 is 0 Å². The smallest absolute Gasteiger partial charge is 0.254 e. The molecule has 0 unspecified atom stereocenters. The van der Waals surface area contributed by atoms with E-state index in [-0.39, 0.29) is 11.4 Å². The third-order valence-corrected chi connectivity index (χ3v) is 8.67. The molecule has 200 valence electrons. The number of benzene rings is 2. The zero-order valence-electron chi connectivity index (χ0n) is 22.6. The highest BCUT2D eigenvalue weighted by Gasteiger charge is 2.38. The number of hydroxylamine groups is 1. The van der Waals surface area contributed by atoms with Crippen LogP contribution in [0.4, 0.5) is 0 Å². The van der Waals surface area contributed by atoms with Crippen LogP contribution in [0.3, 0.4) is 0 Å². The molecule has 7 heteroatoms. The molecule has 0 spiro atoms. The molecule has 1 aromatic heterocycles. The van der Waals surface area contributed by atoms with E-state index in [2.05, 4.69) is 62.5 Å². The van der Waals surface area contributed by atoms with E-state index >= 15 is 0 Å². The van der Waals surface area contributed by atoms with Crippen LogP contribution in [0.15, 0.2) is 64.6 Å². The van der Waals surface area contributed by atoms with Crippen LogP contribution in [0.5, 0.6) is 0 Å². The van der Waals surface area contributed by atoms with Crippen molar-refractivity contribution in [1.82, 2.24) is 20.3 Å². The van der Waals surface area contributed by atoms with Crippen molar-refractivity contribution in [2.24, 2.45) is 0 Å². The SMILES string of the molecule is CCONC(=C1CCN(C2(C)CCN(C(=O)c3cc(C)nc4ccccc34)CC2)CC1)c1ccc(Br)cc1. The maximum Gasteiger partial charge on any atom is 0.254 e. The summed E-state index contributed by atoms with van der Waals surface area (Å²) in [5.74, 6) is 0.124. The number of halogens is 1. The van der Waals surface area contributed by atoms with E-state index in [0.29, 0.717) is 6.61 Å². The van der Waals surface area contributed by atoms with Gasteiger partial charge in [0.05, 0.1) is 23.4 Å². The number of hydrogen-bond acceptors (Lipinski definition) is 5. The number of rotatable bonds is 6. The number of carbonyl (C=O) groups excluding carboxylic acids is 1. The lowest BCUT2D eigenvalue weighted by Gasteiger charge is -2.48. The molecule has 2 aliphatic rings. The molecule has 0 radical (unpaired) electrons. The van der Waals surface area contributed by atoms with Crippen molar-refractivity contribution >= 4 is 38.4 Å². The molecule has 3 heterocycles. The first-order valence-electron chi connectivity index (χ1n) is 13.6. The molecule has 6 nitrogen and oxygen atoms in total. The van der Waals surface area contributed by atoms with Crippen molar-refractivity contribution in [3.8, 4) is 0 Å². The van der Waals surface area contributed by atoms with Crippen LogP contribution in [-0.2, 0) is 4.84 Å². The number of para-hydroxylation sites is 1. The molecule has 3 aromatic rings. The number of aromatic nitrogens is 1. The molecular formula is C31H37BrN4O2. The Balaban J connectivity index is 1.25. The number of hydrogen-bond donors (Lipinski definition) is 1. The third-order valence-electron chi connectivity index (χ3n) is 8.14. The van der Waals surface area contributed by atoms with E-state index in [1.54, 1.807) is 0 Å². The Morgan fingerprint density at radius 1 is 1.05 bits per heavy atom. The van der Waals surface area contributed by atoms with Gasteiger partial charge >= 0.3 is 0 Å². The quantitative estimate of drug-likeness (QED) is 0.346. The van der Waals surface area contributed by atoms with Gasteiger partial charge in [0.2, 0.25) is 0 Å². The van der Waals surface area contributed by atoms with E-state index in [1.807, 2.05) is 49.1 Å². The number of aryl methyl sites for hydroxylation is 1. The average Bonchev–Trinajstić information content (AvgIpc) is 2.94. The second-order valence-electron chi connectivity index (χ2n) is 10.6. The molecule has 2 aromatic carbocycles. The standard InChI is InChI=1S/C31H37BrN4O2/c1-4-38-34-29(23-9-11-25(32)12-10-23)24-13-17-36(18-14-24)31(3)15-19-35(20-16-31)30(37)27-21-22(2)33-28-8-6-5-7-26(27)28/h5-12,21,34H,4,13-20H2,1-3H3. The zero-order valence-corrected chi connectivity index (χ0v) is 24.2. The monoisotopic (exact) mass is 576 g/mol. The van der Waals surface area contributed by atoms with E-state index in [4.69, 9.17) is 4.84 Å². The molecule has 38 heavy (non-hydrogen) atoms. The number of nitrogens with one attached hydrogen (secondary N) is 1. The van der Waals surface area contributed by atoms with Gasteiger partial charge in [-0.1, -0.05) is 46.3 Å². The first-order valence-corrected chi connectivity index (χ1v) is 14.4. The Morgan fingerprint density at radius 2 is 1.74 bits per heavy atom. The van der Waals surface area contributed by atoms with Crippen LogP contribution < -0.4 is 5.48 Å². The largest absolute Gasteiger partial charge is 0.338 e. The molecule has 0 bridgehead atoms. The Hall–Kier alpha value is -2.74. The molecule has 2 fully saturated rings. The van der Waals surface area contributed by atoms with Crippen molar-refractivity contribution < 1.29 is 9.63 Å². The minimum absolute atomic E-state index is 0.101. The number of piperidine rings is 2. The van der Waals surface area contributed by atoms with E-state index in [1.165, 1.54) is 5.57 Å². The number of likely N-dealkylation sites (tertiary alicyclic amines) is 2. The van der Waals surface area contributed by atoms with Gasteiger partial charge in [-0.25, -0.2) is 0 Å². The summed E-state index contributed by atoms with van der Waals surface area (Å²) in [6.45, 7) is 10.5. The van der Waals surface area contributed by atoms with Crippen molar-refractivity contribution in [2.45, 2.75) is 52.0 Å². The predicted molar refractivity (Wildman–Crippen MR) is 157 cm³/mol. The Bertz CT molecular complexity index is 1320. The van der Waals surface area contributed by atoms with Crippen molar-refractivity contribution in [3.05, 3.63) is 81.5 Å². The molecule has 2 aliphatic heterocycles. The molecule has 1 amide bonds. The van der Waals surface area contributed by atoms with Gasteiger partial charge in [0.25, 0.3) is 5.91 Å². The molecule has 0 atom stereocenters. The topological polar surface area (TPSA) is 57.7 Å². The van der Waals surface area contributed by atoms with Crippen molar-refractivity contribution in [1.29, 1.82) is 0 Å². The molecule has 0 saturated carbocycles. The van der Waals surface area contributed by atoms with Gasteiger partial charge in [-0.15, -0.1) is 0 Å². The van der Waals surface area contributed by atoms with Gasteiger partial charge in [-0.05, 0) is 81.9 Å². The zero-order chi connectivity index (χ0) is 26.7. The molecule has 0 aliphatic carbocycles. The second kappa shape index (κ2) is 11.6. The van der Waals surface area contributed by atoms with Gasteiger partial charge < -0.3 is 4.90 Å². The molecule has 5 rings (SSSR count). The molecular weight excluding hydrogens is 540 g/mol. The summed E-state index contributed by atoms with van der Waals surface area (Å²) in [6.07, 6.45) is 3.98. The second-order valence-corrected chi connectivity index (χ2v) is 11.5. The highest BCUT2D eigenvalue weighted by Crippen LogP contribution is 2.35. The lowest BCUT2D eigenvalue weighted by molar-refractivity contribution is 0.0257. The first-order chi connectivity index (χ1) is 18.4. The fourth-order valence-electron chi connectivity index (χ4n) is 5.83. The maximum atomic E-state index is 13.6. The van der Waals surface area contributed by atoms with Crippen LogP contribution in [0, 0.1) is 6.92 Å². The first kappa shape index (κ1) is 26.9. The van der Waals surface area contributed by atoms with E-state index in [9.17, 15) is 4.79 Å². The summed E-state index contributed by atoms with van der Waals surface area (Å²) in [5, 5.41) is 0.939. The van der Waals surface area contributed by atoms with E-state index in [0.717, 1.165) is 89.8 Å². The third kappa shape index (κ3) is 5.65. The highest BCUT2D eigenvalue weighted by atomic mass is 79.9. The number of amides is 1. The average molecular weight is 578 g/mol. The van der Waals surface area contributed by atoms with Crippen LogP contribution in [0.25, 0.3) is 16.6 Å². The molecule has 1 N–H and O–H groups in total. The Kier molecular flexibility index (Phi) is 8.17. The normalized spacial score (nSPS) is 18.0. The summed E-state index contributed by atoms with van der Waals surface area (Å²) in [6, 6.07) is 18.3. The fourth-order valence-corrected chi connectivity index (χ4v) is 6.09. The minimum Gasteiger partial charge on any atom is -0.338 e. The summed E-state index contributed by atoms with van der Waals surface area (Å²) in [5.41, 5.74) is 9.53. The molecule has 2 saturated heterocycles. The van der Waals surface area contributed by atoms with Gasteiger partial charge in [-0.2, -0.15) is 0 Å². The van der Waals surface area contributed by atoms with Crippen LogP contribution >= 0.6 is 15.9 Å². The number of pyridine rings is 1. The Morgan fingerprint density at radius 3 is 2.42 bits per heavy atom. The van der Waals surface area contributed by atoms with Crippen LogP contribution in [0.1, 0.15) is 61.1 Å². The minimum atomic E-state index is 0.101. The van der Waals surface area contributed by atoms with Crippen molar-refractivity contribution in [2.75, 3.05) is 32.8 Å². The van der Waals surface area contributed by atoms with Gasteiger partial charge in [0.15, 0.2) is 0 Å². The van der Waals surface area contributed by atoms with Crippen molar-refractivity contribution in [3.63, 3.8) is 0 Å². The number of carbonyl (C=O) groups is 1. The van der Waals surface area contributed by atoms with Crippen LogP contribution in [-0.4, -0.2) is 59.0 Å². The maximum absolute atomic E-state index is 13.6. The number of fused-ring (bicyclic) bond motifs is 1. The van der Waals surface area contributed by atoms with Crippen LogP contribution in [0.2, 0.25) is 0 Å². The summed E-state index contributed by atoms with van der Waals surface area (Å²) < 4.78 is 1.07.